The fourth-order valence-electron chi connectivity index (χ4n) is 2.53. The highest BCUT2D eigenvalue weighted by Crippen LogP contribution is 2.24. The van der Waals surface area contributed by atoms with Gasteiger partial charge in [0.15, 0.2) is 0 Å². The number of hydrogen-bond donors (Lipinski definition) is 1. The van der Waals surface area contributed by atoms with E-state index >= 15 is 0 Å². The molecular weight excluding hydrogens is 340 g/mol. The maximum Gasteiger partial charge on any atom is 0.222 e. The minimum absolute atomic E-state index is 0.0317. The molecule has 0 saturated heterocycles. The maximum absolute atomic E-state index is 12.5. The van der Waals surface area contributed by atoms with Gasteiger partial charge in [-0.1, -0.05) is 0 Å². The number of imidazole rings is 1. The summed E-state index contributed by atoms with van der Waals surface area (Å²) in [6, 6.07) is 2.09. The minimum Gasteiger partial charge on any atom is -0.346 e. The molecule has 3 rings (SSSR count). The highest BCUT2D eigenvalue weighted by Gasteiger charge is 2.20. The van der Waals surface area contributed by atoms with Crippen LogP contribution in [0.5, 0.6) is 0 Å². The van der Waals surface area contributed by atoms with Crippen LogP contribution in [0.3, 0.4) is 0 Å². The van der Waals surface area contributed by atoms with Crippen LogP contribution in [0.2, 0.25) is 0 Å². The number of thiazole rings is 1. The molecule has 24 heavy (non-hydrogen) atoms. The number of aromatic nitrogens is 3. The van der Waals surface area contributed by atoms with Crippen molar-refractivity contribution in [3.05, 3.63) is 57.2 Å². The monoisotopic (exact) mass is 360 g/mol. The van der Waals surface area contributed by atoms with Crippen LogP contribution in [0.25, 0.3) is 0 Å². The molecule has 0 bridgehead atoms. The Kier molecular flexibility index (Phi) is 5.42. The molecule has 0 saturated carbocycles. The van der Waals surface area contributed by atoms with E-state index in [9.17, 15) is 4.79 Å². The number of amides is 1. The summed E-state index contributed by atoms with van der Waals surface area (Å²) in [6.45, 7) is 3.99. The molecule has 0 unspecified atom stereocenters. The van der Waals surface area contributed by atoms with Crippen LogP contribution in [0, 0.1) is 6.92 Å². The Bertz CT molecular complexity index is 764. The second kappa shape index (κ2) is 7.72. The summed E-state index contributed by atoms with van der Waals surface area (Å²) in [4.78, 5) is 21.1. The first-order valence-electron chi connectivity index (χ1n) is 7.81. The molecule has 3 aromatic rings. The van der Waals surface area contributed by atoms with E-state index in [4.69, 9.17) is 0 Å². The van der Waals surface area contributed by atoms with Gasteiger partial charge in [-0.3, -0.25) is 4.79 Å². The van der Waals surface area contributed by atoms with E-state index in [1.165, 1.54) is 5.56 Å². The fourth-order valence-corrected chi connectivity index (χ4v) is 4.06. The Balaban J connectivity index is 1.67. The lowest BCUT2D eigenvalue weighted by molar-refractivity contribution is -0.122. The van der Waals surface area contributed by atoms with Crippen LogP contribution < -0.4 is 5.32 Å². The first-order chi connectivity index (χ1) is 11.6. The van der Waals surface area contributed by atoms with Gasteiger partial charge in [0.2, 0.25) is 5.91 Å². The van der Waals surface area contributed by atoms with Crippen LogP contribution in [0.4, 0.5) is 0 Å². The van der Waals surface area contributed by atoms with Crippen molar-refractivity contribution in [1.82, 2.24) is 19.9 Å². The second-order valence-electron chi connectivity index (χ2n) is 5.85. The third kappa shape index (κ3) is 4.30. The number of nitrogens with one attached hydrogen (secondary N) is 1. The minimum atomic E-state index is -0.0826. The van der Waals surface area contributed by atoms with E-state index in [1.807, 2.05) is 30.0 Å². The summed E-state index contributed by atoms with van der Waals surface area (Å²) in [5.74, 6) is 0.0317. The van der Waals surface area contributed by atoms with Crippen molar-refractivity contribution in [2.45, 2.75) is 38.8 Å². The molecule has 0 spiro atoms. The van der Waals surface area contributed by atoms with Crippen molar-refractivity contribution in [1.29, 1.82) is 0 Å². The van der Waals surface area contributed by atoms with Gasteiger partial charge in [-0.2, -0.15) is 11.3 Å². The molecule has 7 heteroatoms. The summed E-state index contributed by atoms with van der Waals surface area (Å²) < 4.78 is 1.95. The lowest BCUT2D eigenvalue weighted by Gasteiger charge is -2.18. The van der Waals surface area contributed by atoms with Gasteiger partial charge >= 0.3 is 0 Å². The standard InChI is InChI=1S/C17H20N4OS2/c1-12-9-24-17(19-12)15(8-14-3-6-23-10-14)20-16(22)7-13(2)21-5-4-18-11-21/h3-6,9-11,13,15H,7-8H2,1-2H3,(H,20,22)/t13-,15+/m0/s1. The molecule has 3 aromatic heterocycles. The van der Waals surface area contributed by atoms with E-state index in [0.717, 1.165) is 17.1 Å². The molecule has 0 aliphatic rings. The zero-order chi connectivity index (χ0) is 16.9. The number of carbonyl (C=O) groups is 1. The zero-order valence-corrected chi connectivity index (χ0v) is 15.3. The number of carbonyl (C=O) groups excluding carboxylic acids is 1. The number of rotatable bonds is 7. The topological polar surface area (TPSA) is 59.8 Å². The average molecular weight is 361 g/mol. The molecule has 5 nitrogen and oxygen atoms in total. The number of nitrogens with zero attached hydrogens (tertiary/aromatic N) is 3. The van der Waals surface area contributed by atoms with E-state index < -0.39 is 0 Å². The molecular formula is C17H20N4OS2. The predicted molar refractivity (Wildman–Crippen MR) is 97.3 cm³/mol. The highest BCUT2D eigenvalue weighted by molar-refractivity contribution is 7.09. The van der Waals surface area contributed by atoms with Crippen LogP contribution in [0.1, 0.15) is 41.7 Å². The Morgan fingerprint density at radius 2 is 2.29 bits per heavy atom. The molecule has 0 aliphatic heterocycles. The van der Waals surface area contributed by atoms with Crippen molar-refractivity contribution >= 4 is 28.6 Å². The molecule has 3 heterocycles. The molecule has 2 atom stereocenters. The number of thiophene rings is 1. The summed E-state index contributed by atoms with van der Waals surface area (Å²) in [5, 5.41) is 10.3. The summed E-state index contributed by atoms with van der Waals surface area (Å²) >= 11 is 3.27. The van der Waals surface area contributed by atoms with Crippen molar-refractivity contribution in [2.24, 2.45) is 0 Å². The normalized spacial score (nSPS) is 13.6. The van der Waals surface area contributed by atoms with Crippen LogP contribution in [0.15, 0.2) is 40.9 Å². The summed E-state index contributed by atoms with van der Waals surface area (Å²) in [5.41, 5.74) is 2.21. The van der Waals surface area contributed by atoms with Gasteiger partial charge in [0.25, 0.3) is 0 Å². The van der Waals surface area contributed by atoms with Crippen LogP contribution in [-0.2, 0) is 11.2 Å². The Labute approximate surface area is 149 Å². The molecule has 126 valence electrons. The maximum atomic E-state index is 12.5. The van der Waals surface area contributed by atoms with E-state index in [1.54, 1.807) is 35.2 Å². The largest absolute Gasteiger partial charge is 0.346 e. The van der Waals surface area contributed by atoms with Gasteiger partial charge < -0.3 is 9.88 Å². The van der Waals surface area contributed by atoms with Crippen molar-refractivity contribution < 1.29 is 4.79 Å². The van der Waals surface area contributed by atoms with Gasteiger partial charge in [0.1, 0.15) is 5.01 Å². The number of hydrogen-bond acceptors (Lipinski definition) is 5. The predicted octanol–water partition coefficient (Wildman–Crippen LogP) is 3.76. The fraction of sp³-hybridized carbons (Fsp3) is 0.353. The SMILES string of the molecule is Cc1csc([C@@H](Cc2ccsc2)NC(=O)C[C@H](C)n2ccnc2)n1. The lowest BCUT2D eigenvalue weighted by atomic mass is 10.1. The van der Waals surface area contributed by atoms with Gasteiger partial charge in [0.05, 0.1) is 12.4 Å². The molecule has 1 amide bonds. The Hall–Kier alpha value is -1.99. The molecule has 1 N–H and O–H groups in total. The molecule has 0 aromatic carbocycles. The summed E-state index contributed by atoms with van der Waals surface area (Å²) in [7, 11) is 0. The van der Waals surface area contributed by atoms with Gasteiger partial charge in [-0.15, -0.1) is 11.3 Å². The third-order valence-electron chi connectivity index (χ3n) is 3.80. The molecule has 0 fully saturated rings. The molecule has 0 aliphatic carbocycles. The zero-order valence-electron chi connectivity index (χ0n) is 13.7. The molecule has 0 radical (unpaired) electrons. The van der Waals surface area contributed by atoms with E-state index in [0.29, 0.717) is 6.42 Å². The first kappa shape index (κ1) is 16.9. The van der Waals surface area contributed by atoms with Crippen molar-refractivity contribution in [3.63, 3.8) is 0 Å². The van der Waals surface area contributed by atoms with Crippen LogP contribution in [-0.4, -0.2) is 20.4 Å². The Morgan fingerprint density at radius 3 is 2.92 bits per heavy atom. The van der Waals surface area contributed by atoms with Gasteiger partial charge in [0, 0.05) is 42.4 Å². The first-order valence-corrected chi connectivity index (χ1v) is 9.64. The van der Waals surface area contributed by atoms with E-state index in [2.05, 4.69) is 32.1 Å². The van der Waals surface area contributed by atoms with Gasteiger partial charge in [-0.05, 0) is 36.2 Å². The van der Waals surface area contributed by atoms with Gasteiger partial charge in [-0.25, -0.2) is 9.97 Å². The highest BCUT2D eigenvalue weighted by atomic mass is 32.1. The van der Waals surface area contributed by atoms with Crippen molar-refractivity contribution in [3.8, 4) is 0 Å². The second-order valence-corrected chi connectivity index (χ2v) is 7.52. The quantitative estimate of drug-likeness (QED) is 0.698. The van der Waals surface area contributed by atoms with Crippen LogP contribution >= 0.6 is 22.7 Å². The lowest BCUT2D eigenvalue weighted by Crippen LogP contribution is -2.31. The Morgan fingerprint density at radius 1 is 1.42 bits per heavy atom. The average Bonchev–Trinajstić information content (AvgIpc) is 3.29. The smallest absolute Gasteiger partial charge is 0.222 e. The third-order valence-corrected chi connectivity index (χ3v) is 5.61. The van der Waals surface area contributed by atoms with Crippen molar-refractivity contribution in [2.75, 3.05) is 0 Å². The summed E-state index contributed by atoms with van der Waals surface area (Å²) in [6.07, 6.45) is 6.53. The number of aryl methyl sites for hydroxylation is 1. The van der Waals surface area contributed by atoms with E-state index in [-0.39, 0.29) is 18.0 Å².